The third-order valence-corrected chi connectivity index (χ3v) is 4.53. The number of alkyl carbamates (subject to hydrolysis) is 1. The molecule has 1 aliphatic carbocycles. The van der Waals surface area contributed by atoms with Gasteiger partial charge < -0.3 is 14.8 Å². The van der Waals surface area contributed by atoms with Crippen LogP contribution in [0.2, 0.25) is 0 Å². The number of rotatable bonds is 3. The third-order valence-electron chi connectivity index (χ3n) is 3.91. The number of benzene rings is 1. The standard InChI is InChI=1S/C19H28BrNO3/c1-18(2,3)12-7-8-16(15(20)9-12)23-14-10-13(11-14)21-17(22)24-19(4,5)6/h7-9,13-14H,10-11H2,1-6H3,(H,21,22). The van der Waals surface area contributed by atoms with Crippen molar-refractivity contribution in [3.63, 3.8) is 0 Å². The van der Waals surface area contributed by atoms with Crippen LogP contribution in [0.4, 0.5) is 4.79 Å². The van der Waals surface area contributed by atoms with Crippen molar-refractivity contribution in [2.24, 2.45) is 0 Å². The highest BCUT2D eigenvalue weighted by Gasteiger charge is 2.33. The summed E-state index contributed by atoms with van der Waals surface area (Å²) in [4.78, 5) is 11.7. The number of hydrogen-bond donors (Lipinski definition) is 1. The number of halogens is 1. The van der Waals surface area contributed by atoms with Crippen LogP contribution in [0.25, 0.3) is 0 Å². The molecule has 0 radical (unpaired) electrons. The van der Waals surface area contributed by atoms with Crippen LogP contribution in [0, 0.1) is 0 Å². The maximum absolute atomic E-state index is 11.7. The van der Waals surface area contributed by atoms with Crippen molar-refractivity contribution in [3.05, 3.63) is 28.2 Å². The van der Waals surface area contributed by atoms with Gasteiger partial charge in [0, 0.05) is 18.9 Å². The molecule has 1 aromatic carbocycles. The van der Waals surface area contributed by atoms with Crippen molar-refractivity contribution in [1.82, 2.24) is 5.32 Å². The zero-order chi connectivity index (χ0) is 18.1. The predicted octanol–water partition coefficient (Wildman–Crippen LogP) is 5.18. The Kier molecular flexibility index (Phi) is 5.53. The fourth-order valence-corrected chi connectivity index (χ4v) is 2.97. The van der Waals surface area contributed by atoms with Gasteiger partial charge in [-0.3, -0.25) is 0 Å². The first-order chi connectivity index (χ1) is 10.9. The van der Waals surface area contributed by atoms with Crippen molar-refractivity contribution in [1.29, 1.82) is 0 Å². The lowest BCUT2D eigenvalue weighted by molar-refractivity contribution is 0.0361. The van der Waals surface area contributed by atoms with Gasteiger partial charge in [-0.25, -0.2) is 4.79 Å². The molecule has 134 valence electrons. The third kappa shape index (κ3) is 5.40. The summed E-state index contributed by atoms with van der Waals surface area (Å²) < 4.78 is 12.3. The molecule has 2 rings (SSSR count). The number of nitrogens with one attached hydrogen (secondary N) is 1. The molecule has 4 nitrogen and oxygen atoms in total. The van der Waals surface area contributed by atoms with Gasteiger partial charge in [-0.2, -0.15) is 0 Å². The van der Waals surface area contributed by atoms with E-state index >= 15 is 0 Å². The molecule has 0 spiro atoms. The summed E-state index contributed by atoms with van der Waals surface area (Å²) in [6.45, 7) is 12.1. The van der Waals surface area contributed by atoms with Gasteiger partial charge >= 0.3 is 6.09 Å². The van der Waals surface area contributed by atoms with Gasteiger partial charge in [0.1, 0.15) is 17.5 Å². The maximum Gasteiger partial charge on any atom is 0.407 e. The zero-order valence-corrected chi connectivity index (χ0v) is 17.0. The predicted molar refractivity (Wildman–Crippen MR) is 99.6 cm³/mol. The first-order valence-corrected chi connectivity index (χ1v) is 9.19. The van der Waals surface area contributed by atoms with Gasteiger partial charge in [0.2, 0.25) is 0 Å². The van der Waals surface area contributed by atoms with E-state index in [0.29, 0.717) is 0 Å². The fraction of sp³-hybridized carbons (Fsp3) is 0.632. The topological polar surface area (TPSA) is 47.6 Å². The number of hydrogen-bond acceptors (Lipinski definition) is 3. The van der Waals surface area contributed by atoms with E-state index in [9.17, 15) is 4.79 Å². The van der Waals surface area contributed by atoms with E-state index in [1.165, 1.54) is 5.56 Å². The summed E-state index contributed by atoms with van der Waals surface area (Å²) in [7, 11) is 0. The first kappa shape index (κ1) is 19.1. The minimum absolute atomic E-state index is 0.111. The normalized spacial score (nSPS) is 21.0. The summed E-state index contributed by atoms with van der Waals surface area (Å²) in [5.74, 6) is 0.851. The first-order valence-electron chi connectivity index (χ1n) is 8.40. The smallest absolute Gasteiger partial charge is 0.407 e. The van der Waals surface area contributed by atoms with Crippen LogP contribution in [0.3, 0.4) is 0 Å². The molecule has 1 saturated carbocycles. The largest absolute Gasteiger partial charge is 0.489 e. The van der Waals surface area contributed by atoms with Crippen LogP contribution >= 0.6 is 15.9 Å². The van der Waals surface area contributed by atoms with E-state index in [4.69, 9.17) is 9.47 Å². The zero-order valence-electron chi connectivity index (χ0n) is 15.4. The Morgan fingerprint density at radius 2 is 1.79 bits per heavy atom. The molecular formula is C19H28BrNO3. The lowest BCUT2D eigenvalue weighted by Gasteiger charge is -2.36. The van der Waals surface area contributed by atoms with Gasteiger partial charge in [-0.05, 0) is 59.8 Å². The van der Waals surface area contributed by atoms with Gasteiger partial charge in [-0.15, -0.1) is 0 Å². The number of carbonyl (C=O) groups excluding carboxylic acids is 1. The molecule has 1 amide bonds. The number of amides is 1. The van der Waals surface area contributed by atoms with E-state index in [1.807, 2.05) is 26.8 Å². The van der Waals surface area contributed by atoms with E-state index in [-0.39, 0.29) is 23.7 Å². The van der Waals surface area contributed by atoms with Gasteiger partial charge in [-0.1, -0.05) is 26.8 Å². The molecule has 1 aromatic rings. The SMILES string of the molecule is CC(C)(C)OC(=O)NC1CC(Oc2ccc(C(C)(C)C)cc2Br)C1. The van der Waals surface area contributed by atoms with Gasteiger partial charge in [0.05, 0.1) is 4.47 Å². The van der Waals surface area contributed by atoms with E-state index in [2.05, 4.69) is 54.2 Å². The summed E-state index contributed by atoms with van der Waals surface area (Å²) in [6, 6.07) is 6.36. The Bertz CT molecular complexity index is 596. The Labute approximate surface area is 153 Å². The quantitative estimate of drug-likeness (QED) is 0.763. The Morgan fingerprint density at radius 1 is 1.17 bits per heavy atom. The molecule has 0 saturated heterocycles. The van der Waals surface area contributed by atoms with Crippen LogP contribution in [-0.2, 0) is 10.2 Å². The second-order valence-electron chi connectivity index (χ2n) is 8.45. The molecule has 1 aliphatic rings. The van der Waals surface area contributed by atoms with Crippen LogP contribution in [0.5, 0.6) is 5.75 Å². The lowest BCUT2D eigenvalue weighted by atomic mass is 9.87. The molecule has 24 heavy (non-hydrogen) atoms. The molecule has 1 N–H and O–H groups in total. The van der Waals surface area contributed by atoms with Crippen molar-refractivity contribution in [2.45, 2.75) is 77.5 Å². The Balaban J connectivity index is 1.82. The second kappa shape index (κ2) is 6.95. The molecule has 0 heterocycles. The molecule has 0 aliphatic heterocycles. The van der Waals surface area contributed by atoms with Crippen LogP contribution in [-0.4, -0.2) is 23.8 Å². The van der Waals surface area contributed by atoms with Crippen LogP contribution in [0.1, 0.15) is 59.9 Å². The monoisotopic (exact) mass is 397 g/mol. The maximum atomic E-state index is 11.7. The molecule has 1 fully saturated rings. The summed E-state index contributed by atoms with van der Waals surface area (Å²) in [6.07, 6.45) is 1.36. The van der Waals surface area contributed by atoms with Crippen molar-refractivity contribution in [3.8, 4) is 5.75 Å². The molecule has 0 unspecified atom stereocenters. The molecule has 0 aromatic heterocycles. The summed E-state index contributed by atoms with van der Waals surface area (Å²) in [5.41, 5.74) is 0.906. The summed E-state index contributed by atoms with van der Waals surface area (Å²) in [5, 5.41) is 2.88. The highest BCUT2D eigenvalue weighted by molar-refractivity contribution is 9.10. The van der Waals surface area contributed by atoms with Gasteiger partial charge in [0.25, 0.3) is 0 Å². The Morgan fingerprint density at radius 3 is 2.29 bits per heavy atom. The minimum Gasteiger partial charge on any atom is -0.489 e. The average molecular weight is 398 g/mol. The molecule has 0 bridgehead atoms. The van der Waals surface area contributed by atoms with E-state index < -0.39 is 5.60 Å². The number of ether oxygens (including phenoxy) is 2. The highest BCUT2D eigenvalue weighted by Crippen LogP contribution is 2.34. The fourth-order valence-electron chi connectivity index (χ4n) is 2.50. The van der Waals surface area contributed by atoms with Crippen molar-refractivity contribution >= 4 is 22.0 Å². The minimum atomic E-state index is -0.469. The van der Waals surface area contributed by atoms with Gasteiger partial charge in [0.15, 0.2) is 0 Å². The lowest BCUT2D eigenvalue weighted by Crippen LogP contribution is -2.50. The highest BCUT2D eigenvalue weighted by atomic mass is 79.9. The Hall–Kier alpha value is -1.23. The van der Waals surface area contributed by atoms with Crippen LogP contribution in [0.15, 0.2) is 22.7 Å². The second-order valence-corrected chi connectivity index (χ2v) is 9.30. The van der Waals surface area contributed by atoms with Crippen molar-refractivity contribution < 1.29 is 14.3 Å². The number of carbonyl (C=O) groups is 1. The molecule has 5 heteroatoms. The average Bonchev–Trinajstić information content (AvgIpc) is 2.34. The van der Waals surface area contributed by atoms with Crippen LogP contribution < -0.4 is 10.1 Å². The molecule has 0 atom stereocenters. The van der Waals surface area contributed by atoms with E-state index in [0.717, 1.165) is 23.1 Å². The van der Waals surface area contributed by atoms with Crippen molar-refractivity contribution in [2.75, 3.05) is 0 Å². The molecular weight excluding hydrogens is 370 g/mol. The van der Waals surface area contributed by atoms with E-state index in [1.54, 1.807) is 0 Å². The summed E-state index contributed by atoms with van der Waals surface area (Å²) >= 11 is 3.60.